The smallest absolute Gasteiger partial charge is 0.146 e. The number of piperidine rings is 1. The van der Waals surface area contributed by atoms with Crippen LogP contribution in [-0.2, 0) is 6.54 Å². The molecule has 1 aromatic rings. The summed E-state index contributed by atoms with van der Waals surface area (Å²) in [7, 11) is 0. The van der Waals surface area contributed by atoms with Crippen molar-refractivity contribution in [3.8, 4) is 0 Å². The summed E-state index contributed by atoms with van der Waals surface area (Å²) in [6.07, 6.45) is 2.05. The van der Waals surface area contributed by atoms with Gasteiger partial charge in [-0.3, -0.25) is 0 Å². The molecule has 2 N–H and O–H groups in total. The van der Waals surface area contributed by atoms with Crippen LogP contribution in [0.1, 0.15) is 25.3 Å². The van der Waals surface area contributed by atoms with Crippen LogP contribution in [-0.4, -0.2) is 31.3 Å². The van der Waals surface area contributed by atoms with E-state index in [1.54, 1.807) is 6.07 Å². The minimum Gasteiger partial charge on any atom is -0.396 e. The maximum Gasteiger partial charge on any atom is 0.146 e. The fraction of sp³-hybridized carbons (Fsp3) is 0.600. The van der Waals surface area contributed by atoms with Gasteiger partial charge in [-0.05, 0) is 36.9 Å². The van der Waals surface area contributed by atoms with Crippen LogP contribution in [0.4, 0.5) is 10.1 Å². The molecular formula is C15H23FN2O. The summed E-state index contributed by atoms with van der Waals surface area (Å²) in [5, 5.41) is 12.6. The van der Waals surface area contributed by atoms with Gasteiger partial charge in [0.25, 0.3) is 0 Å². The Labute approximate surface area is 114 Å². The van der Waals surface area contributed by atoms with Crippen molar-refractivity contribution in [1.29, 1.82) is 0 Å². The number of hydrogen-bond donors (Lipinski definition) is 2. The fourth-order valence-electron chi connectivity index (χ4n) is 2.73. The number of aliphatic hydroxyl groups is 1. The van der Waals surface area contributed by atoms with Gasteiger partial charge in [-0.25, -0.2) is 4.39 Å². The molecule has 0 radical (unpaired) electrons. The van der Waals surface area contributed by atoms with Crippen molar-refractivity contribution in [3.05, 3.63) is 29.6 Å². The molecule has 1 unspecified atom stereocenters. The molecule has 1 aliphatic rings. The Kier molecular flexibility index (Phi) is 5.16. The van der Waals surface area contributed by atoms with Crippen LogP contribution in [0.3, 0.4) is 0 Å². The molecule has 1 fully saturated rings. The summed E-state index contributed by atoms with van der Waals surface area (Å²) >= 11 is 0. The predicted octanol–water partition coefficient (Wildman–Crippen LogP) is 2.14. The van der Waals surface area contributed by atoms with E-state index >= 15 is 0 Å². The first-order chi connectivity index (χ1) is 9.26. The van der Waals surface area contributed by atoms with E-state index in [2.05, 4.69) is 10.2 Å². The Morgan fingerprint density at radius 1 is 1.47 bits per heavy atom. The zero-order chi connectivity index (χ0) is 13.7. The first kappa shape index (κ1) is 14.3. The molecule has 0 aromatic heterocycles. The number of nitrogens with one attached hydrogen (secondary N) is 1. The van der Waals surface area contributed by atoms with Crippen molar-refractivity contribution >= 4 is 5.69 Å². The second-order valence-electron chi connectivity index (χ2n) is 5.16. The highest BCUT2D eigenvalue weighted by Crippen LogP contribution is 2.29. The Bertz CT molecular complexity index is 411. The van der Waals surface area contributed by atoms with Crippen molar-refractivity contribution in [2.45, 2.75) is 26.3 Å². The second-order valence-corrected chi connectivity index (χ2v) is 5.16. The number of halogens is 1. The van der Waals surface area contributed by atoms with E-state index in [0.717, 1.165) is 38.0 Å². The summed E-state index contributed by atoms with van der Waals surface area (Å²) in [5.41, 5.74) is 1.71. The molecule has 0 spiro atoms. The highest BCUT2D eigenvalue weighted by molar-refractivity contribution is 5.55. The standard InChI is InChI=1S/C15H23FN2O/c1-2-17-9-13-6-3-7-14(16)15(13)18-8-4-5-12(10-18)11-19/h3,6-7,12,17,19H,2,4-5,8-11H2,1H3. The van der Waals surface area contributed by atoms with Gasteiger partial charge in [0.05, 0.1) is 5.69 Å². The molecule has 3 nitrogen and oxygen atoms in total. The van der Waals surface area contributed by atoms with Gasteiger partial charge in [0.2, 0.25) is 0 Å². The Morgan fingerprint density at radius 2 is 2.32 bits per heavy atom. The third-order valence-corrected chi connectivity index (χ3v) is 3.73. The van der Waals surface area contributed by atoms with E-state index in [1.165, 1.54) is 6.07 Å². The van der Waals surface area contributed by atoms with Crippen LogP contribution in [0.25, 0.3) is 0 Å². The topological polar surface area (TPSA) is 35.5 Å². The molecule has 0 bridgehead atoms. The van der Waals surface area contributed by atoms with E-state index in [1.807, 2.05) is 13.0 Å². The largest absolute Gasteiger partial charge is 0.396 e. The first-order valence-corrected chi connectivity index (χ1v) is 7.10. The lowest BCUT2D eigenvalue weighted by Gasteiger charge is -2.35. The van der Waals surface area contributed by atoms with Gasteiger partial charge in [-0.2, -0.15) is 0 Å². The lowest BCUT2D eigenvalue weighted by Crippen LogP contribution is -2.38. The SMILES string of the molecule is CCNCc1cccc(F)c1N1CCCC(CO)C1. The molecule has 0 saturated carbocycles. The molecule has 1 saturated heterocycles. The predicted molar refractivity (Wildman–Crippen MR) is 75.8 cm³/mol. The number of anilines is 1. The number of aliphatic hydroxyl groups excluding tert-OH is 1. The molecule has 1 aromatic carbocycles. The summed E-state index contributed by atoms with van der Waals surface area (Å²) in [6.45, 7) is 5.40. The van der Waals surface area contributed by atoms with Gasteiger partial charge in [-0.1, -0.05) is 19.1 Å². The highest BCUT2D eigenvalue weighted by Gasteiger charge is 2.23. The van der Waals surface area contributed by atoms with Crippen LogP contribution in [0.5, 0.6) is 0 Å². The lowest BCUT2D eigenvalue weighted by molar-refractivity contribution is 0.208. The third kappa shape index (κ3) is 3.45. The quantitative estimate of drug-likeness (QED) is 0.857. The van der Waals surface area contributed by atoms with Crippen molar-refractivity contribution in [2.75, 3.05) is 31.1 Å². The Morgan fingerprint density at radius 3 is 3.05 bits per heavy atom. The molecule has 106 valence electrons. The fourth-order valence-corrected chi connectivity index (χ4v) is 2.73. The van der Waals surface area contributed by atoms with Crippen molar-refractivity contribution < 1.29 is 9.50 Å². The second kappa shape index (κ2) is 6.87. The van der Waals surface area contributed by atoms with Crippen LogP contribution in [0, 0.1) is 11.7 Å². The van der Waals surface area contributed by atoms with E-state index in [9.17, 15) is 9.50 Å². The Balaban J connectivity index is 2.21. The maximum atomic E-state index is 14.2. The van der Waals surface area contributed by atoms with E-state index in [-0.39, 0.29) is 18.3 Å². The maximum absolute atomic E-state index is 14.2. The van der Waals surface area contributed by atoms with Gasteiger partial charge < -0.3 is 15.3 Å². The minimum atomic E-state index is -0.158. The van der Waals surface area contributed by atoms with Gasteiger partial charge in [0, 0.05) is 26.2 Å². The van der Waals surface area contributed by atoms with Gasteiger partial charge in [-0.15, -0.1) is 0 Å². The average Bonchev–Trinajstić information content (AvgIpc) is 2.45. The normalized spacial score (nSPS) is 19.7. The zero-order valence-electron chi connectivity index (χ0n) is 11.5. The molecule has 0 aliphatic carbocycles. The zero-order valence-corrected chi connectivity index (χ0v) is 11.5. The molecule has 19 heavy (non-hydrogen) atoms. The number of rotatable bonds is 5. The molecule has 2 rings (SSSR count). The summed E-state index contributed by atoms with van der Waals surface area (Å²) < 4.78 is 14.2. The summed E-state index contributed by atoms with van der Waals surface area (Å²) in [6, 6.07) is 5.26. The van der Waals surface area contributed by atoms with Gasteiger partial charge >= 0.3 is 0 Å². The van der Waals surface area contributed by atoms with Crippen LogP contribution < -0.4 is 10.2 Å². The van der Waals surface area contributed by atoms with Crippen molar-refractivity contribution in [1.82, 2.24) is 5.32 Å². The van der Waals surface area contributed by atoms with E-state index in [4.69, 9.17) is 0 Å². The van der Waals surface area contributed by atoms with Crippen molar-refractivity contribution in [2.24, 2.45) is 5.92 Å². The van der Waals surface area contributed by atoms with Crippen LogP contribution in [0.2, 0.25) is 0 Å². The number of benzene rings is 1. The van der Waals surface area contributed by atoms with Crippen LogP contribution in [0.15, 0.2) is 18.2 Å². The number of hydrogen-bond acceptors (Lipinski definition) is 3. The average molecular weight is 266 g/mol. The monoisotopic (exact) mass is 266 g/mol. The van der Waals surface area contributed by atoms with E-state index < -0.39 is 0 Å². The van der Waals surface area contributed by atoms with Crippen molar-refractivity contribution in [3.63, 3.8) is 0 Å². The number of nitrogens with zero attached hydrogens (tertiary/aromatic N) is 1. The van der Waals surface area contributed by atoms with E-state index in [0.29, 0.717) is 12.2 Å². The molecule has 4 heteroatoms. The first-order valence-electron chi connectivity index (χ1n) is 7.10. The molecule has 1 heterocycles. The van der Waals surface area contributed by atoms with Gasteiger partial charge in [0.1, 0.15) is 5.82 Å². The molecule has 1 atom stereocenters. The summed E-state index contributed by atoms with van der Waals surface area (Å²) in [5.74, 6) is 0.106. The minimum absolute atomic E-state index is 0.158. The highest BCUT2D eigenvalue weighted by atomic mass is 19.1. The number of para-hydroxylation sites is 1. The molecule has 1 aliphatic heterocycles. The van der Waals surface area contributed by atoms with Gasteiger partial charge in [0.15, 0.2) is 0 Å². The molecule has 0 amide bonds. The van der Waals surface area contributed by atoms with Crippen LogP contribution >= 0.6 is 0 Å². The lowest BCUT2D eigenvalue weighted by atomic mass is 9.97. The molecular weight excluding hydrogens is 243 g/mol. The third-order valence-electron chi connectivity index (χ3n) is 3.73. The Hall–Kier alpha value is -1.13. The summed E-state index contributed by atoms with van der Waals surface area (Å²) in [4.78, 5) is 2.09.